The first-order valence-electron chi connectivity index (χ1n) is 9.69. The van der Waals surface area contributed by atoms with Crippen LogP contribution in [0.1, 0.15) is 17.6 Å². The molecule has 2 fully saturated rings. The van der Waals surface area contributed by atoms with Crippen molar-refractivity contribution < 1.29 is 4.52 Å². The van der Waals surface area contributed by atoms with Crippen molar-refractivity contribution in [1.29, 1.82) is 0 Å². The van der Waals surface area contributed by atoms with Gasteiger partial charge in [0.15, 0.2) is 5.82 Å². The second kappa shape index (κ2) is 6.23. The maximum Gasteiger partial charge on any atom is 0.261 e. The van der Waals surface area contributed by atoms with Crippen LogP contribution in [0.5, 0.6) is 0 Å². The van der Waals surface area contributed by atoms with Crippen molar-refractivity contribution in [3.8, 4) is 0 Å². The van der Waals surface area contributed by atoms with Crippen molar-refractivity contribution in [1.82, 2.24) is 24.7 Å². The van der Waals surface area contributed by atoms with E-state index in [0.29, 0.717) is 34.5 Å². The number of fused-ring (bicyclic) bond motifs is 2. The van der Waals surface area contributed by atoms with E-state index in [1.54, 1.807) is 18.5 Å². The Labute approximate surface area is 165 Å². The summed E-state index contributed by atoms with van der Waals surface area (Å²) in [4.78, 5) is 27.9. The molecule has 0 spiro atoms. The highest BCUT2D eigenvalue weighted by atomic mass is 16.5. The smallest absolute Gasteiger partial charge is 0.261 e. The van der Waals surface area contributed by atoms with Crippen molar-refractivity contribution in [3.63, 3.8) is 0 Å². The molecule has 0 unspecified atom stereocenters. The van der Waals surface area contributed by atoms with E-state index in [2.05, 4.69) is 49.3 Å². The summed E-state index contributed by atoms with van der Waals surface area (Å²) < 4.78 is 6.93. The number of benzene rings is 1. The summed E-state index contributed by atoms with van der Waals surface area (Å²) in [6, 6.07) is 12.2. The summed E-state index contributed by atoms with van der Waals surface area (Å²) in [5.41, 5.74) is 1.71. The van der Waals surface area contributed by atoms with E-state index < -0.39 is 0 Å². The Morgan fingerprint density at radius 3 is 2.76 bits per heavy atom. The summed E-state index contributed by atoms with van der Waals surface area (Å²) in [7, 11) is 0. The molecule has 1 aromatic carbocycles. The lowest BCUT2D eigenvalue weighted by Gasteiger charge is -2.21. The Bertz CT molecular complexity index is 1240. The lowest BCUT2D eigenvalue weighted by Crippen LogP contribution is -2.23. The predicted molar refractivity (Wildman–Crippen MR) is 106 cm³/mol. The third-order valence-corrected chi connectivity index (χ3v) is 6.03. The highest BCUT2D eigenvalue weighted by Gasteiger charge is 2.58. The van der Waals surface area contributed by atoms with Crippen LogP contribution in [-0.2, 0) is 6.54 Å². The summed E-state index contributed by atoms with van der Waals surface area (Å²) in [6.07, 6.45) is 4.67. The molecule has 3 aromatic heterocycles. The van der Waals surface area contributed by atoms with Gasteiger partial charge in [-0.25, -0.2) is 4.98 Å². The van der Waals surface area contributed by atoms with Crippen LogP contribution in [0, 0.1) is 11.8 Å². The fraction of sp³-hybridized carbons (Fsp3) is 0.286. The molecule has 1 saturated heterocycles. The molecule has 0 radical (unpaired) electrons. The minimum absolute atomic E-state index is 0.140. The summed E-state index contributed by atoms with van der Waals surface area (Å²) in [6.45, 7) is 2.26. The number of anilines is 1. The minimum Gasteiger partial charge on any atom is -0.371 e. The number of hydrogen-bond acceptors (Lipinski definition) is 7. The molecule has 0 bridgehead atoms. The Morgan fingerprint density at radius 1 is 1.10 bits per heavy atom. The van der Waals surface area contributed by atoms with Crippen molar-refractivity contribution in [2.45, 2.75) is 12.5 Å². The normalized spacial score (nSPS) is 22.8. The van der Waals surface area contributed by atoms with Crippen molar-refractivity contribution in [2.75, 3.05) is 18.0 Å². The second-order valence-corrected chi connectivity index (χ2v) is 7.71. The van der Waals surface area contributed by atoms with Gasteiger partial charge in [-0.05, 0) is 30.0 Å². The van der Waals surface area contributed by atoms with E-state index in [-0.39, 0.29) is 12.1 Å². The van der Waals surface area contributed by atoms with Gasteiger partial charge in [-0.2, -0.15) is 4.98 Å². The van der Waals surface area contributed by atoms with Crippen LogP contribution in [-0.4, -0.2) is 37.8 Å². The molecule has 1 aliphatic carbocycles. The van der Waals surface area contributed by atoms with Crippen LogP contribution in [0.15, 0.2) is 64.4 Å². The average Bonchev–Trinajstić information content (AvgIpc) is 3.11. The van der Waals surface area contributed by atoms with Crippen LogP contribution < -0.4 is 10.5 Å². The van der Waals surface area contributed by atoms with Crippen LogP contribution >= 0.6 is 0 Å². The zero-order chi connectivity index (χ0) is 19.4. The molecule has 29 heavy (non-hydrogen) atoms. The van der Waals surface area contributed by atoms with Gasteiger partial charge < -0.3 is 9.42 Å². The molecular weight excluding hydrogens is 368 g/mol. The van der Waals surface area contributed by atoms with E-state index >= 15 is 0 Å². The highest BCUT2D eigenvalue weighted by molar-refractivity contribution is 5.75. The second-order valence-electron chi connectivity index (χ2n) is 7.71. The lowest BCUT2D eigenvalue weighted by atomic mass is 10.2. The zero-order valence-corrected chi connectivity index (χ0v) is 15.5. The molecule has 144 valence electrons. The molecule has 6 rings (SSSR count). The van der Waals surface area contributed by atoms with E-state index in [0.717, 1.165) is 18.9 Å². The van der Waals surface area contributed by atoms with Crippen LogP contribution in [0.3, 0.4) is 0 Å². The monoisotopic (exact) mass is 386 g/mol. The standard InChI is InChI=1S/C21H18N6O2/c28-21-14-6-7-22-8-17(14)23-12-27(21)11-18-24-20(25-29-18)19-15-9-26(10-16(15)19)13-4-2-1-3-5-13/h1-8,12,15-16,19H,9-11H2/t15-,16+,19+. The molecule has 4 aromatic rings. The first-order valence-corrected chi connectivity index (χ1v) is 9.69. The maximum absolute atomic E-state index is 12.6. The van der Waals surface area contributed by atoms with Crippen molar-refractivity contribution in [3.05, 3.63) is 77.2 Å². The van der Waals surface area contributed by atoms with Gasteiger partial charge in [-0.1, -0.05) is 23.4 Å². The molecule has 8 heteroatoms. The van der Waals surface area contributed by atoms with Crippen LogP contribution in [0.25, 0.3) is 10.9 Å². The molecule has 0 amide bonds. The molecule has 3 atom stereocenters. The number of rotatable bonds is 4. The predicted octanol–water partition coefficient (Wildman–Crippen LogP) is 2.07. The van der Waals surface area contributed by atoms with E-state index in [1.165, 1.54) is 16.6 Å². The quantitative estimate of drug-likeness (QED) is 0.530. The lowest BCUT2D eigenvalue weighted by molar-refractivity contribution is 0.363. The minimum atomic E-state index is -0.140. The summed E-state index contributed by atoms with van der Waals surface area (Å²) >= 11 is 0. The number of pyridine rings is 1. The fourth-order valence-electron chi connectivity index (χ4n) is 4.49. The van der Waals surface area contributed by atoms with Crippen LogP contribution in [0.4, 0.5) is 5.69 Å². The van der Waals surface area contributed by atoms with Crippen molar-refractivity contribution >= 4 is 16.6 Å². The molecule has 0 N–H and O–H groups in total. The number of nitrogens with zero attached hydrogens (tertiary/aromatic N) is 6. The van der Waals surface area contributed by atoms with E-state index in [4.69, 9.17) is 4.52 Å². The van der Waals surface area contributed by atoms with Gasteiger partial charge >= 0.3 is 0 Å². The SMILES string of the molecule is O=c1c2ccncc2ncn1Cc1nc([C@H]2[C@@H]3CN(c4ccccc4)C[C@@H]32)no1. The largest absolute Gasteiger partial charge is 0.371 e. The summed E-state index contributed by atoms with van der Waals surface area (Å²) in [5, 5.41) is 4.72. The highest BCUT2D eigenvalue weighted by Crippen LogP contribution is 2.57. The first-order chi connectivity index (χ1) is 14.3. The van der Waals surface area contributed by atoms with Gasteiger partial charge in [0.1, 0.15) is 6.54 Å². The molecule has 1 aliphatic heterocycles. The van der Waals surface area contributed by atoms with E-state index in [9.17, 15) is 4.79 Å². The Balaban J connectivity index is 1.17. The third-order valence-electron chi connectivity index (χ3n) is 6.03. The Hall–Kier alpha value is -3.55. The number of aromatic nitrogens is 5. The van der Waals surface area contributed by atoms with E-state index in [1.807, 2.05) is 6.07 Å². The van der Waals surface area contributed by atoms with Crippen molar-refractivity contribution in [2.24, 2.45) is 11.8 Å². The zero-order valence-electron chi connectivity index (χ0n) is 15.5. The Kier molecular flexibility index (Phi) is 3.53. The number of para-hydroxylation sites is 1. The molecule has 1 saturated carbocycles. The van der Waals surface area contributed by atoms with Gasteiger partial charge in [0.05, 0.1) is 23.4 Å². The average molecular weight is 386 g/mol. The third kappa shape index (κ3) is 2.71. The van der Waals surface area contributed by atoms with Gasteiger partial charge in [-0.15, -0.1) is 0 Å². The molecule has 2 aliphatic rings. The Morgan fingerprint density at radius 2 is 1.93 bits per heavy atom. The van der Waals surface area contributed by atoms with Gasteiger partial charge in [0, 0.05) is 30.9 Å². The number of hydrogen-bond donors (Lipinski definition) is 0. The molecule has 8 nitrogen and oxygen atoms in total. The molecular formula is C21H18N6O2. The van der Waals surface area contributed by atoms with Gasteiger partial charge in [-0.3, -0.25) is 14.3 Å². The topological polar surface area (TPSA) is 89.9 Å². The first kappa shape index (κ1) is 16.4. The fourth-order valence-corrected chi connectivity index (χ4v) is 4.49. The summed E-state index contributed by atoms with van der Waals surface area (Å²) in [5.74, 6) is 2.68. The van der Waals surface area contributed by atoms with Crippen LogP contribution in [0.2, 0.25) is 0 Å². The maximum atomic E-state index is 12.6. The van der Waals surface area contributed by atoms with Gasteiger partial charge in [0.25, 0.3) is 5.56 Å². The van der Waals surface area contributed by atoms with Gasteiger partial charge in [0.2, 0.25) is 5.89 Å². The molecule has 4 heterocycles. The number of piperidine rings is 1.